The third-order valence-corrected chi connectivity index (χ3v) is 6.05. The number of rotatable bonds is 10. The maximum atomic E-state index is 12.5. The van der Waals surface area contributed by atoms with Crippen LogP contribution in [-0.2, 0) is 15.7 Å². The summed E-state index contributed by atoms with van der Waals surface area (Å²) in [6, 6.07) is 1.68. The summed E-state index contributed by atoms with van der Waals surface area (Å²) in [4.78, 5) is 11.1. The van der Waals surface area contributed by atoms with Gasteiger partial charge in [-0.05, 0) is 13.0 Å². The fraction of sp³-hybridized carbons (Fsp3) is 0.600. The Morgan fingerprint density at radius 3 is 2.38 bits per heavy atom. The van der Waals surface area contributed by atoms with E-state index in [1.165, 1.54) is 0 Å². The predicted molar refractivity (Wildman–Crippen MR) is 91.7 cm³/mol. The van der Waals surface area contributed by atoms with Crippen LogP contribution in [0.1, 0.15) is 10.4 Å². The van der Waals surface area contributed by atoms with Crippen LogP contribution >= 0.6 is 50.9 Å². The molecule has 21 heavy (non-hydrogen) atoms. The fourth-order valence-corrected chi connectivity index (χ4v) is 4.89. The molecule has 7 nitrogen and oxygen atoms in total. The van der Waals surface area contributed by atoms with Crippen molar-refractivity contribution < 1.29 is 14.0 Å². The van der Waals surface area contributed by atoms with E-state index in [9.17, 15) is 14.7 Å². The number of nitrogens with zero attached hydrogens (tertiary/aromatic N) is 1. The molecule has 0 bridgehead atoms. The minimum Gasteiger partial charge on any atom is -0.300 e. The van der Waals surface area contributed by atoms with Gasteiger partial charge >= 0.3 is 12.7 Å². The second-order valence-electron chi connectivity index (χ2n) is 3.98. The molecular weight excluding hydrogens is 449 g/mol. The lowest BCUT2D eigenvalue weighted by Crippen LogP contribution is -2.26. The molecular formula is C10H16Br2N3O4PS. The number of hydrogen-bond acceptors (Lipinski definition) is 5. The van der Waals surface area contributed by atoms with Crippen LogP contribution in [0.25, 0.3) is 0 Å². The van der Waals surface area contributed by atoms with Crippen LogP contribution in [0, 0.1) is 17.0 Å². The van der Waals surface area contributed by atoms with Gasteiger partial charge in [-0.25, -0.2) is 10.2 Å². The zero-order chi connectivity index (χ0) is 15.9. The van der Waals surface area contributed by atoms with Crippen molar-refractivity contribution in [1.29, 1.82) is 0 Å². The minimum absolute atomic E-state index is 0.0567. The first kappa shape index (κ1) is 19.2. The molecule has 11 heteroatoms. The van der Waals surface area contributed by atoms with Gasteiger partial charge in [0.25, 0.3) is 0 Å². The van der Waals surface area contributed by atoms with E-state index < -0.39 is 12.6 Å². The average Bonchev–Trinajstić information content (AvgIpc) is 2.82. The van der Waals surface area contributed by atoms with Gasteiger partial charge in [-0.2, -0.15) is 0 Å². The second kappa shape index (κ2) is 9.34. The van der Waals surface area contributed by atoms with Gasteiger partial charge < -0.3 is 4.52 Å². The molecule has 0 aliphatic carbocycles. The fourth-order valence-electron chi connectivity index (χ4n) is 1.47. The predicted octanol–water partition coefficient (Wildman–Crippen LogP) is 3.56. The second-order valence-corrected chi connectivity index (χ2v) is 8.67. The average molecular weight is 465 g/mol. The van der Waals surface area contributed by atoms with Crippen LogP contribution in [0.3, 0.4) is 0 Å². The highest BCUT2D eigenvalue weighted by molar-refractivity contribution is 9.09. The first-order chi connectivity index (χ1) is 9.91. The molecule has 0 atom stereocenters. The molecule has 1 aromatic rings. The summed E-state index contributed by atoms with van der Waals surface area (Å²) in [5.74, 6) is 0. The zero-order valence-corrected chi connectivity index (χ0v) is 16.2. The summed E-state index contributed by atoms with van der Waals surface area (Å²) in [6.45, 7) is 2.69. The van der Waals surface area contributed by atoms with E-state index in [0.717, 1.165) is 11.3 Å². The van der Waals surface area contributed by atoms with Crippen LogP contribution in [0.2, 0.25) is 0 Å². The van der Waals surface area contributed by atoms with Gasteiger partial charge in [0.05, 0.1) is 11.5 Å². The smallest absolute Gasteiger partial charge is 0.300 e. The molecule has 0 saturated heterocycles. The van der Waals surface area contributed by atoms with Crippen molar-refractivity contribution in [3.05, 3.63) is 26.6 Å². The monoisotopic (exact) mass is 463 g/mol. The Balaban J connectivity index is 2.69. The molecule has 2 N–H and O–H groups in total. The molecule has 0 radical (unpaired) electrons. The van der Waals surface area contributed by atoms with Crippen molar-refractivity contribution >= 4 is 55.9 Å². The Hall–Kier alpha value is 0.170. The number of alkyl halides is 2. The Morgan fingerprint density at radius 2 is 1.95 bits per heavy atom. The summed E-state index contributed by atoms with van der Waals surface area (Å²) in [5, 5.41) is 17.8. The number of nitrogens with one attached hydrogen (secondary N) is 2. The molecule has 1 heterocycles. The summed E-state index contributed by atoms with van der Waals surface area (Å²) in [5.41, 5.74) is 0.584. The van der Waals surface area contributed by atoms with Crippen molar-refractivity contribution in [3.63, 3.8) is 0 Å². The van der Waals surface area contributed by atoms with Crippen molar-refractivity contribution in [2.24, 2.45) is 0 Å². The van der Waals surface area contributed by atoms with Crippen molar-refractivity contribution in [2.45, 2.75) is 13.5 Å². The Morgan fingerprint density at radius 1 is 1.38 bits per heavy atom. The molecule has 1 aromatic heterocycles. The van der Waals surface area contributed by atoms with Crippen LogP contribution in [0.5, 0.6) is 0 Å². The standard InChI is InChI=1S/C10H16Br2N3O4PS/c1-8-6-9(21-10(8)15(16)17)7-19-20(18,13-4-2-11)14-5-3-12/h6H,2-5,7H2,1H3,(H2,13,14,18). The third kappa shape index (κ3) is 6.43. The van der Waals surface area contributed by atoms with E-state index in [2.05, 4.69) is 42.0 Å². The van der Waals surface area contributed by atoms with Crippen LogP contribution < -0.4 is 10.2 Å². The zero-order valence-electron chi connectivity index (χ0n) is 11.3. The number of hydrogen-bond donors (Lipinski definition) is 2. The van der Waals surface area contributed by atoms with Crippen molar-refractivity contribution in [3.8, 4) is 0 Å². The Bertz CT molecular complexity index is 516. The van der Waals surface area contributed by atoms with E-state index in [4.69, 9.17) is 4.52 Å². The summed E-state index contributed by atoms with van der Waals surface area (Å²) in [7, 11) is -3.17. The first-order valence-corrected chi connectivity index (χ1v) is 10.7. The quantitative estimate of drug-likeness (QED) is 0.238. The summed E-state index contributed by atoms with van der Waals surface area (Å²) < 4.78 is 18.0. The normalized spacial score (nSPS) is 11.8. The van der Waals surface area contributed by atoms with Gasteiger partial charge in [-0.3, -0.25) is 14.7 Å². The molecule has 0 fully saturated rings. The maximum Gasteiger partial charge on any atom is 0.341 e. The van der Waals surface area contributed by atoms with Gasteiger partial charge in [0.1, 0.15) is 0 Å². The lowest BCUT2D eigenvalue weighted by Gasteiger charge is -2.19. The summed E-state index contributed by atoms with van der Waals surface area (Å²) >= 11 is 7.53. The van der Waals surface area contributed by atoms with Gasteiger partial charge in [0.15, 0.2) is 0 Å². The highest BCUT2D eigenvalue weighted by Gasteiger charge is 2.23. The first-order valence-electron chi connectivity index (χ1n) is 6.02. The van der Waals surface area contributed by atoms with E-state index in [1.807, 2.05) is 0 Å². The molecule has 0 spiro atoms. The van der Waals surface area contributed by atoms with Gasteiger partial charge in [-0.15, -0.1) is 0 Å². The molecule has 0 amide bonds. The number of halogens is 2. The molecule has 0 aliphatic rings. The third-order valence-electron chi connectivity index (χ3n) is 2.33. The lowest BCUT2D eigenvalue weighted by molar-refractivity contribution is -0.380. The van der Waals surface area contributed by atoms with Gasteiger partial charge in [0, 0.05) is 34.2 Å². The number of thiophene rings is 1. The van der Waals surface area contributed by atoms with E-state index in [-0.39, 0.29) is 11.6 Å². The van der Waals surface area contributed by atoms with Gasteiger partial charge in [0.2, 0.25) is 0 Å². The van der Waals surface area contributed by atoms with Crippen molar-refractivity contribution in [2.75, 3.05) is 23.7 Å². The maximum absolute atomic E-state index is 12.5. The molecule has 0 aliphatic heterocycles. The van der Waals surface area contributed by atoms with Crippen LogP contribution in [-0.4, -0.2) is 28.7 Å². The molecule has 1 rings (SSSR count). The molecule has 0 saturated carbocycles. The van der Waals surface area contributed by atoms with E-state index in [0.29, 0.717) is 34.2 Å². The van der Waals surface area contributed by atoms with E-state index >= 15 is 0 Å². The molecule has 0 aromatic carbocycles. The Labute approximate surface area is 143 Å². The highest BCUT2D eigenvalue weighted by atomic mass is 79.9. The highest BCUT2D eigenvalue weighted by Crippen LogP contribution is 2.40. The summed E-state index contributed by atoms with van der Waals surface area (Å²) in [6.07, 6.45) is 0. The Kier molecular flexibility index (Phi) is 8.55. The number of aryl methyl sites for hydroxylation is 1. The van der Waals surface area contributed by atoms with E-state index in [1.54, 1.807) is 13.0 Å². The number of nitro groups is 1. The molecule has 0 unspecified atom stereocenters. The topological polar surface area (TPSA) is 93.5 Å². The van der Waals surface area contributed by atoms with Crippen molar-refractivity contribution in [1.82, 2.24) is 10.2 Å². The van der Waals surface area contributed by atoms with Crippen LogP contribution in [0.15, 0.2) is 6.07 Å². The lowest BCUT2D eigenvalue weighted by atomic mass is 10.3. The largest absolute Gasteiger partial charge is 0.341 e. The molecule has 120 valence electrons. The SMILES string of the molecule is Cc1cc(COP(=O)(NCCBr)NCCBr)sc1[N+](=O)[O-]. The van der Waals surface area contributed by atoms with Gasteiger partial charge in [-0.1, -0.05) is 43.2 Å². The minimum atomic E-state index is -3.17. The van der Waals surface area contributed by atoms with Crippen LogP contribution in [0.4, 0.5) is 5.00 Å².